The highest BCUT2D eigenvalue weighted by atomic mass is 35.5. The van der Waals surface area contributed by atoms with Crippen LogP contribution in [0.4, 0.5) is 5.82 Å². The highest BCUT2D eigenvalue weighted by molar-refractivity contribution is 6.31. The molecule has 0 aliphatic carbocycles. The zero-order valence-electron chi connectivity index (χ0n) is 12.5. The fourth-order valence-electron chi connectivity index (χ4n) is 2.26. The first kappa shape index (κ1) is 16.0. The Morgan fingerprint density at radius 1 is 1.26 bits per heavy atom. The van der Waals surface area contributed by atoms with Gasteiger partial charge < -0.3 is 9.64 Å². The van der Waals surface area contributed by atoms with Crippen LogP contribution in [0.5, 0.6) is 5.75 Å². The standard InChI is InChI=1S/C14H24ClN3O/c1-6-11(7-2)18(8-10(3)4)14-12(19-5)13(15)16-9-17-14/h9-11H,6-8H2,1-5H3. The molecule has 0 saturated heterocycles. The average molecular weight is 286 g/mol. The zero-order valence-corrected chi connectivity index (χ0v) is 13.2. The monoisotopic (exact) mass is 285 g/mol. The molecular weight excluding hydrogens is 262 g/mol. The fraction of sp³-hybridized carbons (Fsp3) is 0.714. The van der Waals surface area contributed by atoms with E-state index < -0.39 is 0 Å². The summed E-state index contributed by atoms with van der Waals surface area (Å²) >= 11 is 6.10. The van der Waals surface area contributed by atoms with Crippen LogP contribution in [0.3, 0.4) is 0 Å². The molecule has 0 fully saturated rings. The number of halogens is 1. The second-order valence-corrected chi connectivity index (χ2v) is 5.40. The van der Waals surface area contributed by atoms with Gasteiger partial charge in [0.25, 0.3) is 0 Å². The SMILES string of the molecule is CCC(CC)N(CC(C)C)c1ncnc(Cl)c1OC. The van der Waals surface area contributed by atoms with E-state index in [2.05, 4.69) is 42.6 Å². The van der Waals surface area contributed by atoms with Gasteiger partial charge in [-0.05, 0) is 18.8 Å². The molecule has 0 unspecified atom stereocenters. The van der Waals surface area contributed by atoms with Crippen molar-refractivity contribution in [3.8, 4) is 5.75 Å². The van der Waals surface area contributed by atoms with Crippen molar-refractivity contribution in [3.63, 3.8) is 0 Å². The molecule has 5 heteroatoms. The summed E-state index contributed by atoms with van der Waals surface area (Å²) in [6.45, 7) is 9.71. The molecule has 0 radical (unpaired) electrons. The first-order valence-corrected chi connectivity index (χ1v) is 7.23. The van der Waals surface area contributed by atoms with Crippen molar-refractivity contribution in [2.24, 2.45) is 5.92 Å². The number of methoxy groups -OCH3 is 1. The maximum Gasteiger partial charge on any atom is 0.199 e. The summed E-state index contributed by atoms with van der Waals surface area (Å²) in [4.78, 5) is 10.7. The lowest BCUT2D eigenvalue weighted by atomic mass is 10.1. The summed E-state index contributed by atoms with van der Waals surface area (Å²) in [7, 11) is 1.61. The molecule has 0 spiro atoms. The van der Waals surface area contributed by atoms with Gasteiger partial charge in [0.05, 0.1) is 7.11 Å². The topological polar surface area (TPSA) is 38.2 Å². The van der Waals surface area contributed by atoms with Crippen molar-refractivity contribution >= 4 is 17.4 Å². The van der Waals surface area contributed by atoms with Crippen molar-refractivity contribution in [3.05, 3.63) is 11.5 Å². The molecule has 1 heterocycles. The van der Waals surface area contributed by atoms with Gasteiger partial charge in [-0.1, -0.05) is 39.3 Å². The van der Waals surface area contributed by atoms with Crippen LogP contribution in [0.1, 0.15) is 40.5 Å². The van der Waals surface area contributed by atoms with Gasteiger partial charge in [-0.15, -0.1) is 0 Å². The molecule has 0 bridgehead atoms. The number of nitrogens with zero attached hydrogens (tertiary/aromatic N) is 3. The molecule has 0 aromatic carbocycles. The van der Waals surface area contributed by atoms with E-state index in [1.165, 1.54) is 6.33 Å². The smallest absolute Gasteiger partial charge is 0.199 e. The first-order valence-electron chi connectivity index (χ1n) is 6.86. The quantitative estimate of drug-likeness (QED) is 0.715. The molecule has 1 aromatic rings. The number of ether oxygens (including phenoxy) is 1. The molecule has 108 valence electrons. The van der Waals surface area contributed by atoms with Crippen LogP contribution in [0, 0.1) is 5.92 Å². The van der Waals surface area contributed by atoms with Crippen LogP contribution in [-0.2, 0) is 0 Å². The number of anilines is 1. The largest absolute Gasteiger partial charge is 0.490 e. The van der Waals surface area contributed by atoms with E-state index in [9.17, 15) is 0 Å². The number of hydrogen-bond donors (Lipinski definition) is 0. The van der Waals surface area contributed by atoms with Gasteiger partial charge in [0, 0.05) is 12.6 Å². The van der Waals surface area contributed by atoms with Crippen LogP contribution in [0.25, 0.3) is 0 Å². The number of rotatable bonds is 7. The molecule has 1 rings (SSSR count). The van der Waals surface area contributed by atoms with Gasteiger partial charge in [0.2, 0.25) is 0 Å². The van der Waals surface area contributed by atoms with Gasteiger partial charge in [0.15, 0.2) is 16.7 Å². The first-order chi connectivity index (χ1) is 9.04. The molecule has 0 N–H and O–H groups in total. The van der Waals surface area contributed by atoms with E-state index >= 15 is 0 Å². The van der Waals surface area contributed by atoms with Gasteiger partial charge in [-0.25, -0.2) is 9.97 Å². The lowest BCUT2D eigenvalue weighted by Crippen LogP contribution is -2.38. The third-order valence-electron chi connectivity index (χ3n) is 3.16. The average Bonchev–Trinajstić information content (AvgIpc) is 2.38. The van der Waals surface area contributed by atoms with Crippen LogP contribution in [0.15, 0.2) is 6.33 Å². The third-order valence-corrected chi connectivity index (χ3v) is 3.43. The summed E-state index contributed by atoms with van der Waals surface area (Å²) in [6, 6.07) is 0.433. The van der Waals surface area contributed by atoms with E-state index in [4.69, 9.17) is 16.3 Å². The minimum Gasteiger partial charge on any atom is -0.490 e. The Balaban J connectivity index is 3.19. The minimum atomic E-state index is 0.368. The Morgan fingerprint density at radius 2 is 1.89 bits per heavy atom. The summed E-state index contributed by atoms with van der Waals surface area (Å²) in [6.07, 6.45) is 3.62. The number of aromatic nitrogens is 2. The highest BCUT2D eigenvalue weighted by Gasteiger charge is 2.23. The zero-order chi connectivity index (χ0) is 14.4. The molecule has 0 aliphatic heterocycles. The predicted octanol–water partition coefficient (Wildman–Crippen LogP) is 3.79. The van der Waals surface area contributed by atoms with E-state index in [-0.39, 0.29) is 0 Å². The van der Waals surface area contributed by atoms with Crippen LogP contribution in [-0.4, -0.2) is 29.7 Å². The van der Waals surface area contributed by atoms with E-state index in [0.29, 0.717) is 22.9 Å². The van der Waals surface area contributed by atoms with E-state index in [1.807, 2.05) is 0 Å². The van der Waals surface area contributed by atoms with Crippen LogP contribution < -0.4 is 9.64 Å². The Hall–Kier alpha value is -1.03. The summed E-state index contributed by atoms with van der Waals surface area (Å²) in [5.74, 6) is 1.90. The second-order valence-electron chi connectivity index (χ2n) is 5.04. The van der Waals surface area contributed by atoms with Crippen molar-refractivity contribution < 1.29 is 4.74 Å². The minimum absolute atomic E-state index is 0.368. The predicted molar refractivity (Wildman–Crippen MR) is 80.1 cm³/mol. The van der Waals surface area contributed by atoms with Crippen molar-refractivity contribution in [1.82, 2.24) is 9.97 Å². The van der Waals surface area contributed by atoms with E-state index in [0.717, 1.165) is 25.2 Å². The normalized spacial score (nSPS) is 11.2. The van der Waals surface area contributed by atoms with Gasteiger partial charge >= 0.3 is 0 Å². The van der Waals surface area contributed by atoms with Crippen LogP contribution >= 0.6 is 11.6 Å². The Bertz CT molecular complexity index is 394. The molecule has 19 heavy (non-hydrogen) atoms. The summed E-state index contributed by atoms with van der Waals surface area (Å²) in [5.41, 5.74) is 0. The molecule has 0 amide bonds. The Kier molecular flexibility index (Phi) is 6.35. The second kappa shape index (κ2) is 7.53. The Labute approximate surface area is 121 Å². The van der Waals surface area contributed by atoms with Gasteiger partial charge in [-0.2, -0.15) is 0 Å². The van der Waals surface area contributed by atoms with Crippen molar-refractivity contribution in [1.29, 1.82) is 0 Å². The van der Waals surface area contributed by atoms with Gasteiger partial charge in [-0.3, -0.25) is 0 Å². The molecule has 4 nitrogen and oxygen atoms in total. The lowest BCUT2D eigenvalue weighted by Gasteiger charge is -2.33. The maximum absolute atomic E-state index is 6.10. The Morgan fingerprint density at radius 3 is 2.37 bits per heavy atom. The molecular formula is C14H24ClN3O. The molecule has 0 atom stereocenters. The van der Waals surface area contributed by atoms with Crippen molar-refractivity contribution in [2.75, 3.05) is 18.6 Å². The lowest BCUT2D eigenvalue weighted by molar-refractivity contribution is 0.404. The third kappa shape index (κ3) is 3.96. The van der Waals surface area contributed by atoms with Crippen LogP contribution in [0.2, 0.25) is 5.15 Å². The molecule has 1 aromatic heterocycles. The summed E-state index contributed by atoms with van der Waals surface area (Å²) in [5, 5.41) is 0.368. The molecule has 0 saturated carbocycles. The van der Waals surface area contributed by atoms with Gasteiger partial charge in [0.1, 0.15) is 6.33 Å². The summed E-state index contributed by atoms with van der Waals surface area (Å²) < 4.78 is 5.38. The highest BCUT2D eigenvalue weighted by Crippen LogP contribution is 2.33. The number of hydrogen-bond acceptors (Lipinski definition) is 4. The van der Waals surface area contributed by atoms with Crippen molar-refractivity contribution in [2.45, 2.75) is 46.6 Å². The maximum atomic E-state index is 6.10. The fourth-order valence-corrected chi connectivity index (χ4v) is 2.46. The molecule has 0 aliphatic rings. The van der Waals surface area contributed by atoms with E-state index in [1.54, 1.807) is 7.11 Å².